The molecule has 2 N–H and O–H groups in total. The normalized spacial score (nSPS) is 9.08. The van der Waals surface area contributed by atoms with Gasteiger partial charge in [0.05, 0.1) is 12.3 Å². The number of ether oxygens (including phenoxy) is 1. The maximum absolute atomic E-state index is 11.1. The molecule has 0 saturated heterocycles. The van der Waals surface area contributed by atoms with Gasteiger partial charge in [-0.2, -0.15) is 0 Å². The summed E-state index contributed by atoms with van der Waals surface area (Å²) in [7, 11) is 0. The largest absolute Gasteiger partial charge is 0.665 e. The van der Waals surface area contributed by atoms with Crippen LogP contribution in [0.5, 0.6) is 0 Å². The molecule has 0 aliphatic rings. The van der Waals surface area contributed by atoms with Crippen LogP contribution in [0.4, 0.5) is 0 Å². The Morgan fingerprint density at radius 2 is 1.79 bits per heavy atom. The summed E-state index contributed by atoms with van der Waals surface area (Å²) in [5, 5.41) is 15.9. The van der Waals surface area contributed by atoms with Crippen LogP contribution in [-0.2, 0) is 62.1 Å². The van der Waals surface area contributed by atoms with E-state index in [1.165, 1.54) is 10.9 Å². The van der Waals surface area contributed by atoms with E-state index in [1.807, 2.05) is 0 Å². The second-order valence-corrected chi connectivity index (χ2v) is 3.31. The first-order valence-corrected chi connectivity index (χ1v) is 5.62. The maximum Gasteiger partial charge on any atom is 0.327 e. The zero-order valence-electron chi connectivity index (χ0n) is 12.4. The molecule has 1 aromatic heterocycles. The van der Waals surface area contributed by atoms with Gasteiger partial charge < -0.3 is 50.3 Å². The van der Waals surface area contributed by atoms with Gasteiger partial charge in [0, 0.05) is 26.6 Å². The SMILES string of the molecule is CCOC(=O)Cn1cc(CC([NH-])C(=O)O)nn1.[C-]=O.[C-]=O.[C-]=O.[Re]. The Morgan fingerprint density at radius 3 is 2.21 bits per heavy atom. The third-order valence-corrected chi connectivity index (χ3v) is 1.89. The Hall–Kier alpha value is -2.29. The summed E-state index contributed by atoms with van der Waals surface area (Å²) >= 11 is 0. The summed E-state index contributed by atoms with van der Waals surface area (Å²) in [4.78, 5) is 44.1. The van der Waals surface area contributed by atoms with Crippen LogP contribution in [0.15, 0.2) is 6.20 Å². The van der Waals surface area contributed by atoms with Crippen molar-refractivity contribution in [2.75, 3.05) is 6.61 Å². The van der Waals surface area contributed by atoms with Crippen molar-refractivity contribution in [2.45, 2.75) is 25.9 Å². The minimum atomic E-state index is -1.28. The number of nitrogens with one attached hydrogen (secondary N) is 1. The number of hydrogen-bond donors (Lipinski definition) is 1. The van der Waals surface area contributed by atoms with Gasteiger partial charge in [0.1, 0.15) is 6.54 Å². The molecule has 0 saturated carbocycles. The number of rotatable bonds is 6. The van der Waals surface area contributed by atoms with Gasteiger partial charge >= 0.3 is 5.97 Å². The topological polar surface area (TPSA) is 169 Å². The quantitative estimate of drug-likeness (QED) is 0.360. The molecule has 0 fully saturated rings. The second-order valence-electron chi connectivity index (χ2n) is 3.31. The van der Waals surface area contributed by atoms with Crippen LogP contribution in [0.25, 0.3) is 5.73 Å². The third kappa shape index (κ3) is 14.6. The van der Waals surface area contributed by atoms with E-state index in [9.17, 15) is 9.59 Å². The first kappa shape index (κ1) is 29.7. The van der Waals surface area contributed by atoms with Crippen LogP contribution in [0, 0.1) is 0 Å². The van der Waals surface area contributed by atoms with Gasteiger partial charge in [-0.05, 0) is 19.4 Å². The number of aromatic nitrogens is 3. The van der Waals surface area contributed by atoms with E-state index < -0.39 is 18.0 Å². The van der Waals surface area contributed by atoms with Gasteiger partial charge in [0.2, 0.25) is 0 Å². The summed E-state index contributed by atoms with van der Waals surface area (Å²) in [6.07, 6.45) is 1.39. The van der Waals surface area contributed by atoms with E-state index in [4.69, 9.17) is 30.0 Å². The number of esters is 1. The molecule has 1 rings (SSSR count). The molecule has 0 bridgehead atoms. The van der Waals surface area contributed by atoms with E-state index in [2.05, 4.69) is 30.7 Å². The van der Waals surface area contributed by atoms with Gasteiger partial charge in [0.15, 0.2) is 0 Å². The van der Waals surface area contributed by atoms with Crippen LogP contribution >= 0.6 is 0 Å². The van der Waals surface area contributed by atoms with E-state index in [-0.39, 0.29) is 40.0 Å². The van der Waals surface area contributed by atoms with Gasteiger partial charge in [-0.3, -0.25) is 9.59 Å². The third-order valence-electron chi connectivity index (χ3n) is 1.89. The first-order chi connectivity index (χ1) is 11.0. The fourth-order valence-corrected chi connectivity index (χ4v) is 1.14. The Balaban J connectivity index is -0.000000256. The zero-order valence-corrected chi connectivity index (χ0v) is 15.1. The molecule has 1 aromatic rings. The van der Waals surface area contributed by atoms with Crippen molar-refractivity contribution in [1.82, 2.24) is 15.0 Å². The molecule has 1 atom stereocenters. The summed E-state index contributed by atoms with van der Waals surface area (Å²) in [6, 6.07) is -1.28. The molecule has 134 valence electrons. The van der Waals surface area contributed by atoms with Crippen LogP contribution in [-0.4, -0.2) is 65.1 Å². The fraction of sp³-hybridized carbons (Fsp3) is 0.417. The summed E-state index contributed by atoms with van der Waals surface area (Å²) < 4.78 is 5.97. The van der Waals surface area contributed by atoms with Gasteiger partial charge in [0.25, 0.3) is 5.97 Å². The predicted octanol–water partition coefficient (Wildman–Crippen LogP) is -1.30. The number of hydrogen-bond acceptors (Lipinski definition) is 8. The Labute approximate surface area is 152 Å². The standard InChI is InChI=1S/C9H13N4O4.3CO.Re/c1-2-17-8(14)5-13-4-6(11-12-13)3-7(10)9(15)16;3*1-2;/h4,7,10H,2-3,5H2,1H3,(H,15,16);;;;/q4*-1;. The van der Waals surface area contributed by atoms with E-state index in [0.29, 0.717) is 5.69 Å². The van der Waals surface area contributed by atoms with Crippen molar-refractivity contribution in [2.24, 2.45) is 0 Å². The number of carbonyl (C=O) groups is 2. The van der Waals surface area contributed by atoms with E-state index >= 15 is 0 Å². The van der Waals surface area contributed by atoms with Gasteiger partial charge in [-0.25, -0.2) is 4.68 Å². The molecule has 1 heterocycles. The number of carbonyl (C=O) groups excluding carboxylic acids is 4. The van der Waals surface area contributed by atoms with Gasteiger partial charge in [-0.1, -0.05) is 5.21 Å². The molecule has 0 aliphatic carbocycles. The Kier molecular flexibility index (Phi) is 25.6. The molecule has 0 aromatic carbocycles. The second kappa shape index (κ2) is 20.7. The summed E-state index contributed by atoms with van der Waals surface area (Å²) in [6.45, 7) is 15.4. The molecule has 0 spiro atoms. The summed E-state index contributed by atoms with van der Waals surface area (Å²) in [5.74, 6) is -1.66. The molecule has 4 radical (unpaired) electrons. The molecular formula is C12H13N4O7Re-4. The minimum Gasteiger partial charge on any atom is -0.665 e. The molecule has 24 heavy (non-hydrogen) atoms. The number of nitrogens with zero attached hydrogens (tertiary/aromatic N) is 3. The average Bonchev–Trinajstić information content (AvgIpc) is 3.00. The van der Waals surface area contributed by atoms with Crippen LogP contribution < -0.4 is 0 Å². The van der Waals surface area contributed by atoms with Crippen molar-refractivity contribution in [3.63, 3.8) is 0 Å². The smallest absolute Gasteiger partial charge is 0.327 e. The van der Waals surface area contributed by atoms with Gasteiger partial charge in [-0.15, -0.1) is 5.10 Å². The first-order valence-electron chi connectivity index (χ1n) is 5.62. The van der Waals surface area contributed by atoms with Crippen molar-refractivity contribution >= 4 is 32.3 Å². The molecule has 11 nitrogen and oxygen atoms in total. The van der Waals surface area contributed by atoms with Crippen molar-refractivity contribution < 1.29 is 54.2 Å². The predicted molar refractivity (Wildman–Crippen MR) is 73.2 cm³/mol. The van der Waals surface area contributed by atoms with Crippen LogP contribution in [0.1, 0.15) is 12.6 Å². The van der Waals surface area contributed by atoms with E-state index in [0.717, 1.165) is 0 Å². The molecule has 0 aliphatic heterocycles. The zero-order chi connectivity index (χ0) is 18.8. The Bertz CT molecular complexity index is 454. The van der Waals surface area contributed by atoms with Crippen molar-refractivity contribution in [3.8, 4) is 0 Å². The molecule has 12 heteroatoms. The fourth-order valence-electron chi connectivity index (χ4n) is 1.14. The number of carboxylic acid groups (broad SMARTS) is 1. The monoisotopic (exact) mass is 512 g/mol. The van der Waals surface area contributed by atoms with E-state index in [1.54, 1.807) is 6.92 Å². The molecule has 0 amide bonds. The van der Waals surface area contributed by atoms with Crippen LogP contribution in [0.3, 0.4) is 0 Å². The average molecular weight is 511 g/mol. The van der Waals surface area contributed by atoms with Crippen molar-refractivity contribution in [3.05, 3.63) is 17.6 Å². The number of aliphatic carboxylic acids is 1. The minimum absolute atomic E-state index is 0. The summed E-state index contributed by atoms with van der Waals surface area (Å²) in [5.41, 5.74) is 7.57. The maximum atomic E-state index is 11.1. The van der Waals surface area contributed by atoms with Crippen molar-refractivity contribution in [1.29, 1.82) is 0 Å². The van der Waals surface area contributed by atoms with Crippen LogP contribution in [0.2, 0.25) is 0 Å². The number of carboxylic acids is 1. The molecular weight excluding hydrogens is 498 g/mol. The Morgan fingerprint density at radius 1 is 1.29 bits per heavy atom. The molecule has 1 unspecified atom stereocenters.